The van der Waals surface area contributed by atoms with Crippen molar-refractivity contribution in [1.82, 2.24) is 10.6 Å². The second kappa shape index (κ2) is 10.3. The maximum atomic E-state index is 11.7. The number of ether oxygens (including phenoxy) is 1. The molecule has 0 saturated carbocycles. The summed E-state index contributed by atoms with van der Waals surface area (Å²) in [6, 6.07) is 4.63. The molecule has 0 bridgehead atoms. The monoisotopic (exact) mass is 336 g/mol. The summed E-state index contributed by atoms with van der Waals surface area (Å²) in [5, 5.41) is 14.4. The van der Waals surface area contributed by atoms with Crippen LogP contribution in [0, 0.1) is 0 Å². The van der Waals surface area contributed by atoms with Gasteiger partial charge in [-0.1, -0.05) is 13.0 Å². The molecular formula is C17H24N2O5. The van der Waals surface area contributed by atoms with Crippen molar-refractivity contribution in [2.45, 2.75) is 32.6 Å². The summed E-state index contributed by atoms with van der Waals surface area (Å²) in [5.74, 6) is -0.863. The largest absolute Gasteiger partial charge is 0.496 e. The number of aromatic carboxylic acids is 1. The zero-order valence-electron chi connectivity index (χ0n) is 14.1. The van der Waals surface area contributed by atoms with Gasteiger partial charge in [-0.3, -0.25) is 9.59 Å². The summed E-state index contributed by atoms with van der Waals surface area (Å²) in [4.78, 5) is 34.1. The number of benzene rings is 1. The third-order valence-electron chi connectivity index (χ3n) is 3.40. The van der Waals surface area contributed by atoms with Gasteiger partial charge in [-0.15, -0.1) is 0 Å². The normalized spacial score (nSPS) is 10.1. The summed E-state index contributed by atoms with van der Waals surface area (Å²) < 4.78 is 5.18. The fourth-order valence-electron chi connectivity index (χ4n) is 2.09. The van der Waals surface area contributed by atoms with Crippen molar-refractivity contribution >= 4 is 17.8 Å². The number of carbonyl (C=O) groups excluding carboxylic acids is 2. The molecule has 0 heterocycles. The highest BCUT2D eigenvalue weighted by Crippen LogP contribution is 2.20. The molecule has 0 aliphatic heterocycles. The standard InChI is InChI=1S/C17H24N2O5/c1-3-9-18-15(20)6-7-16(21)19-10-8-12-4-5-13(17(22)23)11-14(12)24-2/h4-5,11H,3,6-10H2,1-2H3,(H,18,20)(H,19,21)(H,22,23). The van der Waals surface area contributed by atoms with E-state index in [1.807, 2.05) is 6.92 Å². The topological polar surface area (TPSA) is 105 Å². The molecule has 0 unspecified atom stereocenters. The van der Waals surface area contributed by atoms with Gasteiger partial charge in [0.15, 0.2) is 0 Å². The first-order valence-corrected chi connectivity index (χ1v) is 7.91. The van der Waals surface area contributed by atoms with Crippen LogP contribution in [0.2, 0.25) is 0 Å². The first-order chi connectivity index (χ1) is 11.5. The van der Waals surface area contributed by atoms with Crippen LogP contribution in [0.15, 0.2) is 18.2 Å². The molecule has 1 rings (SSSR count). The summed E-state index contributed by atoms with van der Waals surface area (Å²) in [5.41, 5.74) is 0.959. The number of carboxylic acids is 1. The van der Waals surface area contributed by atoms with Crippen LogP contribution in [-0.4, -0.2) is 43.1 Å². The van der Waals surface area contributed by atoms with Crippen molar-refractivity contribution in [3.05, 3.63) is 29.3 Å². The van der Waals surface area contributed by atoms with E-state index in [2.05, 4.69) is 10.6 Å². The van der Waals surface area contributed by atoms with Gasteiger partial charge in [0.05, 0.1) is 12.7 Å². The Bertz CT molecular complexity index is 586. The highest BCUT2D eigenvalue weighted by molar-refractivity contribution is 5.88. The zero-order chi connectivity index (χ0) is 17.9. The van der Waals surface area contributed by atoms with Gasteiger partial charge in [-0.05, 0) is 30.5 Å². The summed E-state index contributed by atoms with van der Waals surface area (Å²) in [7, 11) is 1.47. The molecule has 0 radical (unpaired) electrons. The predicted molar refractivity (Wildman–Crippen MR) is 89.2 cm³/mol. The SMILES string of the molecule is CCCNC(=O)CCC(=O)NCCc1ccc(C(=O)O)cc1OC. The van der Waals surface area contributed by atoms with E-state index in [1.165, 1.54) is 19.2 Å². The average Bonchev–Trinajstić information content (AvgIpc) is 2.58. The minimum atomic E-state index is -1.02. The molecule has 0 aliphatic rings. The van der Waals surface area contributed by atoms with Crippen LogP contribution < -0.4 is 15.4 Å². The first kappa shape index (κ1) is 19.5. The summed E-state index contributed by atoms with van der Waals surface area (Å²) in [6.45, 7) is 2.97. The lowest BCUT2D eigenvalue weighted by atomic mass is 10.1. The Labute approximate surface area is 141 Å². The second-order valence-corrected chi connectivity index (χ2v) is 5.28. The van der Waals surface area contributed by atoms with E-state index < -0.39 is 5.97 Å². The van der Waals surface area contributed by atoms with E-state index in [9.17, 15) is 14.4 Å². The molecule has 0 spiro atoms. The Kier molecular flexibility index (Phi) is 8.32. The Morgan fingerprint density at radius 3 is 2.25 bits per heavy atom. The predicted octanol–water partition coefficient (Wildman–Crippen LogP) is 1.36. The van der Waals surface area contributed by atoms with Gasteiger partial charge < -0.3 is 20.5 Å². The summed E-state index contributed by atoms with van der Waals surface area (Å²) in [6.07, 6.45) is 1.68. The molecule has 3 N–H and O–H groups in total. The number of rotatable bonds is 10. The molecule has 2 amide bonds. The van der Waals surface area contributed by atoms with Crippen LogP contribution in [0.4, 0.5) is 0 Å². The molecule has 132 valence electrons. The van der Waals surface area contributed by atoms with Gasteiger partial charge >= 0.3 is 5.97 Å². The first-order valence-electron chi connectivity index (χ1n) is 7.91. The van der Waals surface area contributed by atoms with Gasteiger partial charge in [-0.2, -0.15) is 0 Å². The molecule has 0 atom stereocenters. The third-order valence-corrected chi connectivity index (χ3v) is 3.40. The quantitative estimate of drug-likeness (QED) is 0.598. The van der Waals surface area contributed by atoms with Gasteiger partial charge in [0.25, 0.3) is 0 Å². The van der Waals surface area contributed by atoms with Crippen molar-refractivity contribution < 1.29 is 24.2 Å². The molecule has 24 heavy (non-hydrogen) atoms. The third kappa shape index (κ3) is 6.68. The molecular weight excluding hydrogens is 312 g/mol. The number of hydrogen-bond acceptors (Lipinski definition) is 4. The number of carbonyl (C=O) groups is 3. The van der Waals surface area contributed by atoms with Gasteiger partial charge in [0.1, 0.15) is 5.75 Å². The van der Waals surface area contributed by atoms with Crippen LogP contribution in [0.1, 0.15) is 42.1 Å². The molecule has 0 aromatic heterocycles. The van der Waals surface area contributed by atoms with E-state index >= 15 is 0 Å². The van der Waals surface area contributed by atoms with Crippen LogP contribution >= 0.6 is 0 Å². The Morgan fingerprint density at radius 2 is 1.71 bits per heavy atom. The lowest BCUT2D eigenvalue weighted by Gasteiger charge is -2.10. The Hall–Kier alpha value is -2.57. The van der Waals surface area contributed by atoms with Crippen LogP contribution in [0.5, 0.6) is 5.75 Å². The molecule has 7 nitrogen and oxygen atoms in total. The van der Waals surface area contributed by atoms with E-state index in [0.717, 1.165) is 12.0 Å². The number of carboxylic acid groups (broad SMARTS) is 1. The summed E-state index contributed by atoms with van der Waals surface area (Å²) >= 11 is 0. The molecule has 0 fully saturated rings. The molecule has 0 saturated heterocycles. The highest BCUT2D eigenvalue weighted by Gasteiger charge is 2.10. The molecule has 0 aliphatic carbocycles. The molecule has 1 aromatic carbocycles. The Balaban J connectivity index is 2.40. The highest BCUT2D eigenvalue weighted by atomic mass is 16.5. The van der Waals surface area contributed by atoms with Crippen molar-refractivity contribution in [2.24, 2.45) is 0 Å². The fraction of sp³-hybridized carbons (Fsp3) is 0.471. The minimum Gasteiger partial charge on any atom is -0.496 e. The van der Waals surface area contributed by atoms with Gasteiger partial charge in [0.2, 0.25) is 11.8 Å². The van der Waals surface area contributed by atoms with Gasteiger partial charge in [0, 0.05) is 25.9 Å². The zero-order valence-corrected chi connectivity index (χ0v) is 14.1. The van der Waals surface area contributed by atoms with Crippen molar-refractivity contribution in [1.29, 1.82) is 0 Å². The van der Waals surface area contributed by atoms with Crippen molar-refractivity contribution in [3.63, 3.8) is 0 Å². The fourth-order valence-corrected chi connectivity index (χ4v) is 2.09. The van der Waals surface area contributed by atoms with Crippen LogP contribution in [0.3, 0.4) is 0 Å². The van der Waals surface area contributed by atoms with E-state index in [4.69, 9.17) is 9.84 Å². The van der Waals surface area contributed by atoms with E-state index in [1.54, 1.807) is 6.07 Å². The maximum Gasteiger partial charge on any atom is 0.335 e. The lowest BCUT2D eigenvalue weighted by molar-refractivity contribution is -0.126. The molecule has 7 heteroatoms. The van der Waals surface area contributed by atoms with Crippen molar-refractivity contribution in [3.8, 4) is 5.75 Å². The number of methoxy groups -OCH3 is 1. The van der Waals surface area contributed by atoms with Gasteiger partial charge in [-0.25, -0.2) is 4.79 Å². The average molecular weight is 336 g/mol. The van der Waals surface area contributed by atoms with Crippen LogP contribution in [-0.2, 0) is 16.0 Å². The molecule has 1 aromatic rings. The Morgan fingerprint density at radius 1 is 1.08 bits per heavy atom. The number of nitrogens with one attached hydrogen (secondary N) is 2. The number of hydrogen-bond donors (Lipinski definition) is 3. The van der Waals surface area contributed by atoms with Crippen LogP contribution in [0.25, 0.3) is 0 Å². The van der Waals surface area contributed by atoms with Crippen molar-refractivity contribution in [2.75, 3.05) is 20.2 Å². The lowest BCUT2D eigenvalue weighted by Crippen LogP contribution is -2.29. The van der Waals surface area contributed by atoms with E-state index in [0.29, 0.717) is 25.3 Å². The smallest absolute Gasteiger partial charge is 0.335 e. The maximum absolute atomic E-state index is 11.7. The minimum absolute atomic E-state index is 0.127. The van der Waals surface area contributed by atoms with E-state index in [-0.39, 0.29) is 30.2 Å². The second-order valence-electron chi connectivity index (χ2n) is 5.28. The number of amides is 2.